The quantitative estimate of drug-likeness (QED) is 0.745. The second-order valence-corrected chi connectivity index (χ2v) is 6.43. The smallest absolute Gasteiger partial charge is 0.248 e. The summed E-state index contributed by atoms with van der Waals surface area (Å²) in [5, 5.41) is 8.31. The summed E-state index contributed by atoms with van der Waals surface area (Å²) in [4.78, 5) is 16.7. The normalized spacial score (nSPS) is 16.2. The maximum atomic E-state index is 12.1. The molecular weight excluding hydrogens is 350 g/mol. The van der Waals surface area contributed by atoms with Crippen molar-refractivity contribution in [2.45, 2.75) is 13.0 Å². The molecule has 0 aliphatic carbocycles. The summed E-state index contributed by atoms with van der Waals surface area (Å²) in [6, 6.07) is 16.5. The van der Waals surface area contributed by atoms with Crippen molar-refractivity contribution in [1.29, 1.82) is 0 Å². The summed E-state index contributed by atoms with van der Waals surface area (Å²) >= 11 is 6.29. The highest BCUT2D eigenvalue weighted by atomic mass is 35.5. The van der Waals surface area contributed by atoms with Gasteiger partial charge in [0.25, 0.3) is 0 Å². The Kier molecular flexibility index (Phi) is 3.97. The third-order valence-corrected chi connectivity index (χ3v) is 4.68. The lowest BCUT2D eigenvalue weighted by Crippen LogP contribution is -2.31. The number of carbonyl (C=O) groups is 1. The standard InChI is InChI=1S/C19H16ClN5O/c1-11-15(17(21)26)16(12-7-3-2-4-8-12)25-19(22-11)23-18(24-25)13-9-5-6-10-14(13)20/h2-10,16H,1H3,(H2,21,26)(H,22,23,24)/t16-/m0/s1. The molecule has 2 heterocycles. The van der Waals surface area contributed by atoms with Crippen molar-refractivity contribution in [2.75, 3.05) is 5.32 Å². The molecule has 1 amide bonds. The van der Waals surface area contributed by atoms with Crippen LogP contribution < -0.4 is 11.1 Å². The Morgan fingerprint density at radius 1 is 1.15 bits per heavy atom. The van der Waals surface area contributed by atoms with E-state index in [4.69, 9.17) is 17.3 Å². The fraction of sp³-hybridized carbons (Fsp3) is 0.105. The van der Waals surface area contributed by atoms with Crippen molar-refractivity contribution in [3.8, 4) is 11.4 Å². The molecule has 4 rings (SSSR count). The van der Waals surface area contributed by atoms with E-state index in [0.29, 0.717) is 28.1 Å². The number of hydrogen-bond donors (Lipinski definition) is 2. The minimum absolute atomic E-state index is 0.450. The van der Waals surface area contributed by atoms with E-state index in [-0.39, 0.29) is 0 Å². The van der Waals surface area contributed by atoms with Crippen molar-refractivity contribution in [2.24, 2.45) is 5.73 Å². The highest BCUT2D eigenvalue weighted by Crippen LogP contribution is 2.36. The molecule has 3 N–H and O–H groups in total. The van der Waals surface area contributed by atoms with Crippen LogP contribution in [-0.4, -0.2) is 20.7 Å². The molecule has 0 fully saturated rings. The van der Waals surface area contributed by atoms with Crippen LogP contribution in [0.2, 0.25) is 5.02 Å². The van der Waals surface area contributed by atoms with E-state index >= 15 is 0 Å². The average molecular weight is 366 g/mol. The molecule has 0 spiro atoms. The molecule has 0 unspecified atom stereocenters. The molecule has 0 saturated carbocycles. The molecular formula is C19H16ClN5O. The first-order chi connectivity index (χ1) is 12.6. The van der Waals surface area contributed by atoms with Gasteiger partial charge in [-0.15, -0.1) is 5.10 Å². The van der Waals surface area contributed by atoms with E-state index in [1.807, 2.05) is 55.5 Å². The van der Waals surface area contributed by atoms with Crippen LogP contribution in [0.5, 0.6) is 0 Å². The van der Waals surface area contributed by atoms with E-state index in [0.717, 1.165) is 11.1 Å². The number of amides is 1. The Bertz CT molecular complexity index is 1030. The first kappa shape index (κ1) is 16.4. The summed E-state index contributed by atoms with van der Waals surface area (Å²) in [7, 11) is 0. The number of fused-ring (bicyclic) bond motifs is 1. The number of benzene rings is 2. The Morgan fingerprint density at radius 3 is 2.54 bits per heavy atom. The van der Waals surface area contributed by atoms with E-state index in [2.05, 4.69) is 15.4 Å². The van der Waals surface area contributed by atoms with Crippen LogP contribution in [0.4, 0.5) is 5.95 Å². The third kappa shape index (κ3) is 2.64. The number of primary amides is 1. The number of allylic oxidation sites excluding steroid dienone is 1. The van der Waals surface area contributed by atoms with Gasteiger partial charge in [-0.2, -0.15) is 4.98 Å². The Labute approximate surface area is 155 Å². The highest BCUT2D eigenvalue weighted by molar-refractivity contribution is 6.33. The van der Waals surface area contributed by atoms with Crippen molar-refractivity contribution >= 4 is 23.5 Å². The fourth-order valence-electron chi connectivity index (χ4n) is 3.17. The van der Waals surface area contributed by atoms with Crippen LogP contribution in [0, 0.1) is 0 Å². The number of hydrogen-bond acceptors (Lipinski definition) is 4. The number of nitrogens with two attached hydrogens (primary N) is 1. The average Bonchev–Trinajstić information content (AvgIpc) is 3.04. The monoisotopic (exact) mass is 365 g/mol. The molecule has 130 valence electrons. The Hall–Kier alpha value is -3.12. The predicted octanol–water partition coefficient (Wildman–Crippen LogP) is 3.37. The molecule has 26 heavy (non-hydrogen) atoms. The van der Waals surface area contributed by atoms with Crippen molar-refractivity contribution in [3.05, 3.63) is 76.5 Å². The van der Waals surface area contributed by atoms with E-state index in [1.54, 1.807) is 10.7 Å². The van der Waals surface area contributed by atoms with Gasteiger partial charge in [0.15, 0.2) is 5.82 Å². The molecule has 0 saturated heterocycles. The first-order valence-corrected chi connectivity index (χ1v) is 8.48. The minimum Gasteiger partial charge on any atom is -0.366 e. The van der Waals surface area contributed by atoms with Crippen LogP contribution in [-0.2, 0) is 4.79 Å². The number of anilines is 1. The van der Waals surface area contributed by atoms with Crippen LogP contribution in [0.25, 0.3) is 11.4 Å². The summed E-state index contributed by atoms with van der Waals surface area (Å²) in [6.45, 7) is 1.81. The maximum absolute atomic E-state index is 12.1. The predicted molar refractivity (Wildman–Crippen MR) is 101 cm³/mol. The number of rotatable bonds is 3. The number of halogens is 1. The second kappa shape index (κ2) is 6.31. The van der Waals surface area contributed by atoms with Crippen LogP contribution >= 0.6 is 11.6 Å². The van der Waals surface area contributed by atoms with Gasteiger partial charge < -0.3 is 11.1 Å². The summed E-state index contributed by atoms with van der Waals surface area (Å²) < 4.78 is 1.68. The van der Waals surface area contributed by atoms with Gasteiger partial charge in [-0.3, -0.25) is 4.79 Å². The Morgan fingerprint density at radius 2 is 1.85 bits per heavy atom. The van der Waals surface area contributed by atoms with Crippen molar-refractivity contribution < 1.29 is 4.79 Å². The van der Waals surface area contributed by atoms with Crippen LogP contribution in [0.1, 0.15) is 18.5 Å². The molecule has 3 aromatic rings. The van der Waals surface area contributed by atoms with Gasteiger partial charge in [0.2, 0.25) is 11.9 Å². The van der Waals surface area contributed by atoms with Crippen molar-refractivity contribution in [1.82, 2.24) is 14.8 Å². The SMILES string of the molecule is CC1=C(C(N)=O)[C@H](c2ccccc2)n2nc(-c3ccccc3Cl)nc2N1. The van der Waals surface area contributed by atoms with Gasteiger partial charge in [0.1, 0.15) is 6.04 Å². The molecule has 6 nitrogen and oxygen atoms in total. The van der Waals surface area contributed by atoms with Crippen molar-refractivity contribution in [3.63, 3.8) is 0 Å². The number of aromatic nitrogens is 3. The molecule has 1 aromatic heterocycles. The highest BCUT2D eigenvalue weighted by Gasteiger charge is 2.33. The lowest BCUT2D eigenvalue weighted by atomic mass is 9.95. The van der Waals surface area contributed by atoms with Gasteiger partial charge >= 0.3 is 0 Å². The molecule has 0 bridgehead atoms. The minimum atomic E-state index is -0.496. The number of nitrogens with one attached hydrogen (secondary N) is 1. The molecule has 1 aliphatic heterocycles. The molecule has 2 aromatic carbocycles. The molecule has 1 atom stereocenters. The lowest BCUT2D eigenvalue weighted by Gasteiger charge is -2.27. The summed E-state index contributed by atoms with van der Waals surface area (Å²) in [6.07, 6.45) is 0. The zero-order valence-corrected chi connectivity index (χ0v) is 14.7. The topological polar surface area (TPSA) is 85.8 Å². The first-order valence-electron chi connectivity index (χ1n) is 8.10. The largest absolute Gasteiger partial charge is 0.366 e. The Balaban J connectivity index is 1.90. The number of nitrogens with zero attached hydrogens (tertiary/aromatic N) is 3. The summed E-state index contributed by atoms with van der Waals surface area (Å²) in [5.74, 6) is 0.526. The number of carbonyl (C=O) groups excluding carboxylic acids is 1. The molecule has 7 heteroatoms. The van der Waals surface area contributed by atoms with Crippen LogP contribution in [0.3, 0.4) is 0 Å². The van der Waals surface area contributed by atoms with E-state index in [9.17, 15) is 4.79 Å². The van der Waals surface area contributed by atoms with Gasteiger partial charge in [-0.25, -0.2) is 4.68 Å². The maximum Gasteiger partial charge on any atom is 0.248 e. The zero-order valence-electron chi connectivity index (χ0n) is 14.0. The van der Waals surface area contributed by atoms with Gasteiger partial charge in [-0.1, -0.05) is 54.1 Å². The van der Waals surface area contributed by atoms with E-state index < -0.39 is 11.9 Å². The summed E-state index contributed by atoms with van der Waals surface area (Å²) in [5.41, 5.74) is 8.41. The van der Waals surface area contributed by atoms with Gasteiger partial charge in [0.05, 0.1) is 10.6 Å². The fourth-order valence-corrected chi connectivity index (χ4v) is 3.39. The zero-order chi connectivity index (χ0) is 18.3. The molecule has 1 aliphatic rings. The van der Waals surface area contributed by atoms with Gasteiger partial charge in [-0.05, 0) is 24.6 Å². The second-order valence-electron chi connectivity index (χ2n) is 6.02. The van der Waals surface area contributed by atoms with Crippen LogP contribution in [0.15, 0.2) is 65.9 Å². The van der Waals surface area contributed by atoms with Gasteiger partial charge in [0, 0.05) is 11.3 Å². The third-order valence-electron chi connectivity index (χ3n) is 4.35. The molecule has 0 radical (unpaired) electrons. The van der Waals surface area contributed by atoms with E-state index in [1.165, 1.54) is 0 Å². The lowest BCUT2D eigenvalue weighted by molar-refractivity contribution is -0.115.